The number of ether oxygens (including phenoxy) is 2. The van der Waals surface area contributed by atoms with E-state index in [-0.39, 0.29) is 11.6 Å². The summed E-state index contributed by atoms with van der Waals surface area (Å²) in [6, 6.07) is 5.95. The molecule has 0 bridgehead atoms. The highest BCUT2D eigenvalue weighted by atomic mass is 16.5. The Morgan fingerprint density at radius 3 is 2.65 bits per heavy atom. The number of urea groups is 1. The Labute approximate surface area is 134 Å². The Hall–Kier alpha value is -2.57. The number of imide groups is 1. The summed E-state index contributed by atoms with van der Waals surface area (Å²) in [5, 5.41) is 4.86. The number of esters is 1. The van der Waals surface area contributed by atoms with Crippen LogP contribution < -0.4 is 15.4 Å². The molecule has 0 radical (unpaired) electrons. The van der Waals surface area contributed by atoms with Crippen LogP contribution in [0.4, 0.5) is 4.79 Å². The molecule has 0 aromatic heterocycles. The Morgan fingerprint density at radius 1 is 1.22 bits per heavy atom. The van der Waals surface area contributed by atoms with Crippen molar-refractivity contribution in [1.82, 2.24) is 10.6 Å². The van der Waals surface area contributed by atoms with Crippen molar-refractivity contribution >= 4 is 17.9 Å². The lowest BCUT2D eigenvalue weighted by Gasteiger charge is -2.12. The molecule has 23 heavy (non-hydrogen) atoms. The normalized spacial score (nSPS) is 14.1. The zero-order valence-corrected chi connectivity index (χ0v) is 13.0. The molecule has 3 amide bonds. The molecule has 1 aromatic carbocycles. The lowest BCUT2D eigenvalue weighted by molar-refractivity contribution is -0.123. The lowest BCUT2D eigenvalue weighted by atomic mass is 10.2. The van der Waals surface area contributed by atoms with E-state index in [1.54, 1.807) is 18.2 Å². The van der Waals surface area contributed by atoms with Gasteiger partial charge in [0.2, 0.25) is 0 Å². The van der Waals surface area contributed by atoms with Crippen molar-refractivity contribution in [3.05, 3.63) is 29.8 Å². The number of hydrogen-bond acceptors (Lipinski definition) is 5. The van der Waals surface area contributed by atoms with Gasteiger partial charge in [-0.2, -0.15) is 0 Å². The molecule has 2 rings (SSSR count). The minimum Gasteiger partial charge on any atom is -0.497 e. The summed E-state index contributed by atoms with van der Waals surface area (Å²) >= 11 is 0. The van der Waals surface area contributed by atoms with Crippen LogP contribution in [0.2, 0.25) is 0 Å². The molecule has 0 aliphatic heterocycles. The smallest absolute Gasteiger partial charge is 0.338 e. The number of carbonyl (C=O) groups excluding carboxylic acids is 3. The third kappa shape index (κ3) is 5.28. The van der Waals surface area contributed by atoms with Crippen molar-refractivity contribution in [1.29, 1.82) is 0 Å². The number of benzene rings is 1. The Balaban J connectivity index is 1.74. The van der Waals surface area contributed by atoms with E-state index in [1.807, 2.05) is 0 Å². The largest absolute Gasteiger partial charge is 0.497 e. The SMILES string of the molecule is COc1cccc(C(=O)OCC(=O)NC(=O)NC2CCCC2)c1. The minimum atomic E-state index is -0.670. The monoisotopic (exact) mass is 320 g/mol. The Bertz CT molecular complexity index is 582. The molecule has 1 fully saturated rings. The van der Waals surface area contributed by atoms with E-state index in [2.05, 4.69) is 10.6 Å². The van der Waals surface area contributed by atoms with Crippen LogP contribution in [0.25, 0.3) is 0 Å². The molecule has 0 unspecified atom stereocenters. The van der Waals surface area contributed by atoms with Crippen molar-refractivity contribution in [2.45, 2.75) is 31.7 Å². The van der Waals surface area contributed by atoms with Crippen LogP contribution in [0, 0.1) is 0 Å². The van der Waals surface area contributed by atoms with Gasteiger partial charge in [-0.05, 0) is 31.0 Å². The lowest BCUT2D eigenvalue weighted by Crippen LogP contribution is -2.44. The summed E-state index contributed by atoms with van der Waals surface area (Å²) in [7, 11) is 1.49. The first-order valence-corrected chi connectivity index (χ1v) is 7.50. The van der Waals surface area contributed by atoms with Crippen LogP contribution >= 0.6 is 0 Å². The van der Waals surface area contributed by atoms with E-state index < -0.39 is 24.5 Å². The molecule has 1 aromatic rings. The Kier molecular flexibility index (Phi) is 5.96. The average Bonchev–Trinajstić information content (AvgIpc) is 3.05. The second kappa shape index (κ2) is 8.17. The van der Waals surface area contributed by atoms with Crippen LogP contribution in [0.1, 0.15) is 36.0 Å². The molecule has 1 aliphatic rings. The van der Waals surface area contributed by atoms with Gasteiger partial charge >= 0.3 is 12.0 Å². The quantitative estimate of drug-likeness (QED) is 0.804. The van der Waals surface area contributed by atoms with E-state index in [9.17, 15) is 14.4 Å². The Morgan fingerprint density at radius 2 is 1.96 bits per heavy atom. The van der Waals surface area contributed by atoms with Crippen LogP contribution in [0.3, 0.4) is 0 Å². The molecular weight excluding hydrogens is 300 g/mol. The summed E-state index contributed by atoms with van der Waals surface area (Å²) in [5.74, 6) is -0.813. The third-order valence-electron chi connectivity index (χ3n) is 3.58. The zero-order valence-electron chi connectivity index (χ0n) is 13.0. The van der Waals surface area contributed by atoms with Crippen molar-refractivity contribution in [3.63, 3.8) is 0 Å². The van der Waals surface area contributed by atoms with E-state index in [0.29, 0.717) is 5.75 Å². The van der Waals surface area contributed by atoms with Crippen LogP contribution in [-0.4, -0.2) is 37.7 Å². The van der Waals surface area contributed by atoms with Gasteiger partial charge < -0.3 is 14.8 Å². The maximum Gasteiger partial charge on any atom is 0.338 e. The zero-order chi connectivity index (χ0) is 16.7. The highest BCUT2D eigenvalue weighted by Gasteiger charge is 2.18. The first-order valence-electron chi connectivity index (χ1n) is 7.50. The second-order valence-electron chi connectivity index (χ2n) is 5.31. The van der Waals surface area contributed by atoms with Gasteiger partial charge in [-0.1, -0.05) is 18.9 Å². The predicted octanol–water partition coefficient (Wildman–Crippen LogP) is 1.62. The van der Waals surface area contributed by atoms with E-state index >= 15 is 0 Å². The maximum atomic E-state index is 11.8. The molecule has 7 nitrogen and oxygen atoms in total. The summed E-state index contributed by atoms with van der Waals surface area (Å²) in [5.41, 5.74) is 0.271. The third-order valence-corrected chi connectivity index (χ3v) is 3.58. The first kappa shape index (κ1) is 16.8. The fourth-order valence-corrected chi connectivity index (χ4v) is 2.42. The standard InChI is InChI=1S/C16H20N2O5/c1-22-13-8-4-5-11(9-13)15(20)23-10-14(19)18-16(21)17-12-6-2-3-7-12/h4-5,8-9,12H,2-3,6-7,10H2,1H3,(H2,17,18,19,21). The van der Waals surface area contributed by atoms with Crippen LogP contribution in [0.5, 0.6) is 5.75 Å². The number of rotatable bonds is 5. The van der Waals surface area contributed by atoms with E-state index in [0.717, 1.165) is 25.7 Å². The maximum absolute atomic E-state index is 11.8. The molecule has 0 spiro atoms. The average molecular weight is 320 g/mol. The van der Waals surface area contributed by atoms with Gasteiger partial charge in [-0.15, -0.1) is 0 Å². The van der Waals surface area contributed by atoms with Gasteiger partial charge in [0, 0.05) is 6.04 Å². The van der Waals surface area contributed by atoms with Gasteiger partial charge in [0.15, 0.2) is 6.61 Å². The van der Waals surface area contributed by atoms with Crippen LogP contribution in [0.15, 0.2) is 24.3 Å². The van der Waals surface area contributed by atoms with E-state index in [4.69, 9.17) is 9.47 Å². The molecule has 7 heteroatoms. The number of carbonyl (C=O) groups is 3. The molecule has 0 saturated heterocycles. The number of methoxy groups -OCH3 is 1. The van der Waals surface area contributed by atoms with Gasteiger partial charge in [0.25, 0.3) is 5.91 Å². The van der Waals surface area contributed by atoms with Gasteiger partial charge in [0.05, 0.1) is 12.7 Å². The number of nitrogens with one attached hydrogen (secondary N) is 2. The second-order valence-corrected chi connectivity index (χ2v) is 5.31. The van der Waals surface area contributed by atoms with Crippen molar-refractivity contribution in [2.24, 2.45) is 0 Å². The summed E-state index contributed by atoms with van der Waals surface area (Å²) in [6.45, 7) is -0.520. The van der Waals surface area contributed by atoms with Crippen LogP contribution in [-0.2, 0) is 9.53 Å². The summed E-state index contributed by atoms with van der Waals surface area (Å²) in [6.07, 6.45) is 4.01. The number of amides is 3. The van der Waals surface area contributed by atoms with E-state index in [1.165, 1.54) is 13.2 Å². The van der Waals surface area contributed by atoms with Crippen molar-refractivity contribution in [2.75, 3.05) is 13.7 Å². The molecule has 0 heterocycles. The van der Waals surface area contributed by atoms with Gasteiger partial charge in [-0.3, -0.25) is 10.1 Å². The molecule has 124 valence electrons. The van der Waals surface area contributed by atoms with Gasteiger partial charge in [-0.25, -0.2) is 9.59 Å². The molecule has 0 atom stereocenters. The number of hydrogen-bond donors (Lipinski definition) is 2. The summed E-state index contributed by atoms with van der Waals surface area (Å²) in [4.78, 5) is 35.0. The minimum absolute atomic E-state index is 0.113. The molecule has 1 aliphatic carbocycles. The molecular formula is C16H20N2O5. The highest BCUT2D eigenvalue weighted by molar-refractivity contribution is 5.97. The van der Waals surface area contributed by atoms with Crippen molar-refractivity contribution in [3.8, 4) is 5.75 Å². The fraction of sp³-hybridized carbons (Fsp3) is 0.438. The van der Waals surface area contributed by atoms with Crippen molar-refractivity contribution < 1.29 is 23.9 Å². The fourth-order valence-electron chi connectivity index (χ4n) is 2.42. The molecule has 1 saturated carbocycles. The first-order chi connectivity index (χ1) is 11.1. The topological polar surface area (TPSA) is 93.7 Å². The summed E-state index contributed by atoms with van der Waals surface area (Å²) < 4.78 is 9.88. The predicted molar refractivity (Wildman–Crippen MR) is 82.2 cm³/mol. The van der Waals surface area contributed by atoms with Gasteiger partial charge in [0.1, 0.15) is 5.75 Å². The highest BCUT2D eigenvalue weighted by Crippen LogP contribution is 2.17. The molecule has 2 N–H and O–H groups in total.